The number of hydrogen-bond acceptors (Lipinski definition) is 8. The number of esters is 1. The van der Waals surface area contributed by atoms with Gasteiger partial charge in [0.1, 0.15) is 23.4 Å². The Balaban J connectivity index is 3.13. The smallest absolute Gasteiger partial charge is 0.368 e. The zero-order valence-corrected chi connectivity index (χ0v) is 12.3. The number of nitrogens with zero attached hydrogens (tertiary/aromatic N) is 2. The van der Waals surface area contributed by atoms with Crippen molar-refractivity contribution in [1.29, 1.82) is 0 Å². The normalized spacial score (nSPS) is 12.1. The topological polar surface area (TPSA) is 124 Å². The van der Waals surface area contributed by atoms with Crippen molar-refractivity contribution in [2.24, 2.45) is 5.16 Å². The molecule has 0 aliphatic carbocycles. The predicted octanol–water partition coefficient (Wildman–Crippen LogP) is 1.12. The molecule has 0 unspecified atom stereocenters. The Morgan fingerprint density at radius 1 is 1.40 bits per heavy atom. The molecule has 20 heavy (non-hydrogen) atoms. The van der Waals surface area contributed by atoms with Crippen LogP contribution in [0.4, 0.5) is 5.00 Å². The highest BCUT2D eigenvalue weighted by molar-refractivity contribution is 7.17. The first kappa shape index (κ1) is 15.9. The van der Waals surface area contributed by atoms with Gasteiger partial charge in [0, 0.05) is 0 Å². The number of ether oxygens (including phenoxy) is 1. The molecule has 0 radical (unpaired) electrons. The van der Waals surface area contributed by atoms with Gasteiger partial charge in [-0.2, -0.15) is 0 Å². The van der Waals surface area contributed by atoms with Gasteiger partial charge in [0.2, 0.25) is 10.7 Å². The maximum Gasteiger partial charge on any atom is 0.368 e. The van der Waals surface area contributed by atoms with Gasteiger partial charge in [0.25, 0.3) is 0 Å². The Hall–Kier alpha value is -2.16. The Bertz CT molecular complexity index is 559. The van der Waals surface area contributed by atoms with Crippen molar-refractivity contribution in [1.82, 2.24) is 4.98 Å². The van der Waals surface area contributed by atoms with Crippen LogP contribution in [0.1, 0.15) is 36.3 Å². The van der Waals surface area contributed by atoms with Crippen LogP contribution >= 0.6 is 11.3 Å². The van der Waals surface area contributed by atoms with E-state index >= 15 is 0 Å². The molecule has 0 aliphatic heterocycles. The number of carbonyl (C=O) groups excluding carboxylic acids is 1. The van der Waals surface area contributed by atoms with Gasteiger partial charge in [-0.1, -0.05) is 16.5 Å². The number of thiazole rings is 1. The Labute approximate surface area is 119 Å². The van der Waals surface area contributed by atoms with E-state index in [1.165, 1.54) is 7.11 Å². The van der Waals surface area contributed by atoms with E-state index in [2.05, 4.69) is 15.0 Å². The van der Waals surface area contributed by atoms with Crippen molar-refractivity contribution in [2.75, 3.05) is 12.8 Å². The van der Waals surface area contributed by atoms with Crippen LogP contribution in [0.2, 0.25) is 0 Å². The minimum Gasteiger partial charge on any atom is -0.476 e. The fourth-order valence-electron chi connectivity index (χ4n) is 1.19. The lowest BCUT2D eigenvalue weighted by molar-refractivity contribution is -0.129. The van der Waals surface area contributed by atoms with E-state index in [0.717, 1.165) is 11.3 Å². The average molecular weight is 301 g/mol. The van der Waals surface area contributed by atoms with Crippen LogP contribution in [0.25, 0.3) is 0 Å². The predicted molar refractivity (Wildman–Crippen MR) is 72.9 cm³/mol. The molecule has 0 saturated heterocycles. The fourth-order valence-corrected chi connectivity index (χ4v) is 1.89. The van der Waals surface area contributed by atoms with Crippen molar-refractivity contribution >= 4 is 34.0 Å². The number of carboxylic acids is 1. The second kappa shape index (κ2) is 5.87. The lowest BCUT2D eigenvalue weighted by Crippen LogP contribution is -2.24. The number of oxime groups is 1. The lowest BCUT2D eigenvalue weighted by atomic mass is 10.2. The molecule has 0 atom stereocenters. The Morgan fingerprint density at radius 2 is 2.00 bits per heavy atom. The van der Waals surface area contributed by atoms with Gasteiger partial charge in [-0.25, -0.2) is 14.6 Å². The molecule has 0 aromatic carbocycles. The van der Waals surface area contributed by atoms with Gasteiger partial charge < -0.3 is 20.4 Å². The minimum atomic E-state index is -1.36. The summed E-state index contributed by atoms with van der Waals surface area (Å²) in [6.45, 7) is 5.12. The number of carbonyl (C=O) groups is 2. The molecule has 0 spiro atoms. The maximum atomic E-state index is 11.8. The van der Waals surface area contributed by atoms with E-state index in [9.17, 15) is 9.59 Å². The van der Waals surface area contributed by atoms with E-state index in [0.29, 0.717) is 0 Å². The van der Waals surface area contributed by atoms with Crippen molar-refractivity contribution in [3.05, 3.63) is 10.7 Å². The first-order valence-electron chi connectivity index (χ1n) is 5.50. The molecule has 9 heteroatoms. The molecule has 0 fully saturated rings. The lowest BCUT2D eigenvalue weighted by Gasteiger charge is -2.18. The van der Waals surface area contributed by atoms with Crippen LogP contribution in [0.5, 0.6) is 0 Å². The van der Waals surface area contributed by atoms with Crippen LogP contribution in [-0.4, -0.2) is 40.5 Å². The summed E-state index contributed by atoms with van der Waals surface area (Å²) < 4.78 is 5.13. The van der Waals surface area contributed by atoms with Crippen molar-refractivity contribution in [3.63, 3.8) is 0 Å². The molecule has 3 N–H and O–H groups in total. The molecule has 110 valence electrons. The average Bonchev–Trinajstić information content (AvgIpc) is 2.65. The number of nitrogens with two attached hydrogens (primary N) is 1. The summed E-state index contributed by atoms with van der Waals surface area (Å²) in [7, 11) is 1.19. The highest BCUT2D eigenvalue weighted by atomic mass is 32.1. The van der Waals surface area contributed by atoms with E-state index in [-0.39, 0.29) is 15.7 Å². The second-order valence-corrected chi connectivity index (χ2v) is 5.69. The Morgan fingerprint density at radius 3 is 2.45 bits per heavy atom. The van der Waals surface area contributed by atoms with Gasteiger partial charge in [0.05, 0.1) is 0 Å². The first-order valence-corrected chi connectivity index (χ1v) is 6.32. The largest absolute Gasteiger partial charge is 0.476 e. The fraction of sp³-hybridized carbons (Fsp3) is 0.455. The number of rotatable bonds is 4. The quantitative estimate of drug-likeness (QED) is 0.485. The highest BCUT2D eigenvalue weighted by Crippen LogP contribution is 2.24. The summed E-state index contributed by atoms with van der Waals surface area (Å²) in [6.07, 6.45) is 0. The summed E-state index contributed by atoms with van der Waals surface area (Å²) in [6, 6.07) is 0. The van der Waals surface area contributed by atoms with Crippen LogP contribution in [0.3, 0.4) is 0 Å². The van der Waals surface area contributed by atoms with Crippen molar-refractivity contribution in [2.45, 2.75) is 26.4 Å². The summed E-state index contributed by atoms with van der Waals surface area (Å²) in [5.74, 6) is -2.04. The minimum absolute atomic E-state index is 0.0440. The highest BCUT2D eigenvalue weighted by Gasteiger charge is 2.26. The molecule has 1 aromatic rings. The number of carboxylic acid groups (broad SMARTS) is 1. The Kier molecular flexibility index (Phi) is 4.66. The van der Waals surface area contributed by atoms with Gasteiger partial charge in [0.15, 0.2) is 0 Å². The van der Waals surface area contributed by atoms with Crippen LogP contribution in [0, 0.1) is 0 Å². The summed E-state index contributed by atoms with van der Waals surface area (Å²) in [5, 5.41) is 12.3. The number of aromatic nitrogens is 1. The SMILES string of the molecule is CON=C(C(=O)O)c1nc(C(=O)OC(C)(C)C)sc1N. The van der Waals surface area contributed by atoms with Crippen LogP contribution in [-0.2, 0) is 14.4 Å². The van der Waals surface area contributed by atoms with Crippen molar-refractivity contribution < 1.29 is 24.3 Å². The van der Waals surface area contributed by atoms with E-state index in [1.807, 2.05) is 0 Å². The van der Waals surface area contributed by atoms with Crippen LogP contribution in [0.15, 0.2) is 5.16 Å². The third-order valence-electron chi connectivity index (χ3n) is 1.84. The standard InChI is InChI=1S/C11H15N3O5S/c1-11(2,3)19-10(17)8-13-5(7(12)20-8)6(9(15)16)14-18-4/h12H2,1-4H3,(H,15,16). The molecular weight excluding hydrogens is 286 g/mol. The molecular formula is C11H15N3O5S. The maximum absolute atomic E-state index is 11.8. The van der Waals surface area contributed by atoms with E-state index < -0.39 is 23.3 Å². The monoisotopic (exact) mass is 301 g/mol. The molecule has 1 heterocycles. The summed E-state index contributed by atoms with van der Waals surface area (Å²) in [5.41, 5.74) is 4.38. The van der Waals surface area contributed by atoms with Gasteiger partial charge in [-0.05, 0) is 20.8 Å². The first-order chi connectivity index (χ1) is 9.15. The van der Waals surface area contributed by atoms with Gasteiger partial charge in [-0.3, -0.25) is 0 Å². The number of hydrogen-bond donors (Lipinski definition) is 2. The van der Waals surface area contributed by atoms with Gasteiger partial charge >= 0.3 is 11.9 Å². The zero-order valence-electron chi connectivity index (χ0n) is 11.5. The molecule has 1 rings (SSSR count). The molecule has 0 amide bonds. The molecule has 0 saturated carbocycles. The molecule has 0 aliphatic rings. The van der Waals surface area contributed by atoms with Gasteiger partial charge in [-0.15, -0.1) is 0 Å². The summed E-state index contributed by atoms with van der Waals surface area (Å²) in [4.78, 5) is 31.1. The van der Waals surface area contributed by atoms with Crippen molar-refractivity contribution in [3.8, 4) is 0 Å². The molecule has 0 bridgehead atoms. The number of anilines is 1. The third-order valence-corrected chi connectivity index (χ3v) is 2.70. The zero-order chi connectivity index (χ0) is 15.5. The van der Waals surface area contributed by atoms with E-state index in [4.69, 9.17) is 15.6 Å². The third kappa shape index (κ3) is 3.92. The second-order valence-electron chi connectivity index (χ2n) is 4.66. The van der Waals surface area contributed by atoms with E-state index in [1.54, 1.807) is 20.8 Å². The van der Waals surface area contributed by atoms with Crippen LogP contribution < -0.4 is 5.73 Å². The molecule has 8 nitrogen and oxygen atoms in total. The summed E-state index contributed by atoms with van der Waals surface area (Å²) >= 11 is 0.827. The number of aliphatic carboxylic acids is 1. The molecule has 1 aromatic heterocycles. The number of nitrogen functional groups attached to an aromatic ring is 1.